The molecular weight excluding hydrogens is 811 g/mol. The lowest BCUT2D eigenvalue weighted by Gasteiger charge is -2.58. The highest BCUT2D eigenvalue weighted by Crippen LogP contribution is 2.62. The van der Waals surface area contributed by atoms with E-state index >= 15 is 0 Å². The largest absolute Gasteiger partial charge is 0.493 e. The molecule has 5 rings (SSSR count). The maximum Gasteiger partial charge on any atom is 0.230 e. The van der Waals surface area contributed by atoms with Crippen molar-refractivity contribution in [2.45, 2.75) is 171 Å². The second kappa shape index (κ2) is 29.2. The van der Waals surface area contributed by atoms with E-state index in [2.05, 4.69) is 62.0 Å². The van der Waals surface area contributed by atoms with Crippen molar-refractivity contribution >= 4 is 29.2 Å². The lowest BCUT2D eigenvalue weighted by Crippen LogP contribution is -2.64. The molecule has 0 radical (unpaired) electrons. The summed E-state index contributed by atoms with van der Waals surface area (Å²) < 4.78 is 21.0. The molecule has 62 heavy (non-hydrogen) atoms. The number of fused-ring (bicyclic) bond motifs is 2. The standard InChI is InChI=1S/C53H81NO6S2/c1-4-7-8-9-10-11-12-13-14-15-16-17-18-26-37-62-50-41-48(54-59-6-3)46-39-42(27-22-24-33-55)45(30-23-25-34-56)51-47-40-43(57-36-38-61-44-28-20-19-21-29-44)31-32-49(47)60-53(50,52(46)51)58-35-5-2/h5,19-21,28-29,31-32,39-40,42,45,50-52,55-56H,2,4,6-18,22-27,30,33-38,41H2,1,3H3/t42-,45+,50-,51+,52+,53+/m0/s1. The normalized spacial score (nSPS) is 23.3. The molecule has 1 saturated carbocycles. The number of hydrogen-bond donors (Lipinski definition) is 2. The van der Waals surface area contributed by atoms with Crippen LogP contribution in [0.2, 0.25) is 0 Å². The Hall–Kier alpha value is -2.43. The van der Waals surface area contributed by atoms with Gasteiger partial charge in [-0.2, -0.15) is 11.8 Å². The highest BCUT2D eigenvalue weighted by molar-refractivity contribution is 8.00. The highest BCUT2D eigenvalue weighted by atomic mass is 32.2. The molecule has 0 amide bonds. The molecule has 7 nitrogen and oxygen atoms in total. The average molecular weight is 892 g/mol. The summed E-state index contributed by atoms with van der Waals surface area (Å²) in [7, 11) is 0. The van der Waals surface area contributed by atoms with Crippen LogP contribution in [-0.4, -0.2) is 71.5 Å². The fourth-order valence-corrected chi connectivity index (χ4v) is 12.2. The van der Waals surface area contributed by atoms with Gasteiger partial charge in [-0.3, -0.25) is 0 Å². The zero-order valence-electron chi connectivity index (χ0n) is 38.5. The summed E-state index contributed by atoms with van der Waals surface area (Å²) >= 11 is 3.79. The third kappa shape index (κ3) is 15.1. The Labute approximate surface area is 384 Å². The lowest BCUT2D eigenvalue weighted by molar-refractivity contribution is -0.223. The number of allylic oxidation sites excluding steroid dienone is 1. The number of ether oxygens (including phenoxy) is 3. The molecule has 0 unspecified atom stereocenters. The van der Waals surface area contributed by atoms with Crippen molar-refractivity contribution in [2.24, 2.45) is 22.9 Å². The Morgan fingerprint density at radius 2 is 1.48 bits per heavy atom. The van der Waals surface area contributed by atoms with E-state index in [4.69, 9.17) is 24.2 Å². The third-order valence-corrected chi connectivity index (χ3v) is 15.5. The highest BCUT2D eigenvalue weighted by Gasteiger charge is 2.64. The number of aliphatic hydroxyl groups excluding tert-OH is 2. The first-order valence-electron chi connectivity index (χ1n) is 24.7. The van der Waals surface area contributed by atoms with Crippen LogP contribution in [0.25, 0.3) is 0 Å². The van der Waals surface area contributed by atoms with Gasteiger partial charge in [-0.1, -0.05) is 139 Å². The van der Waals surface area contributed by atoms with Gasteiger partial charge in [0.2, 0.25) is 5.79 Å². The van der Waals surface area contributed by atoms with Gasteiger partial charge >= 0.3 is 0 Å². The van der Waals surface area contributed by atoms with Gasteiger partial charge in [0.25, 0.3) is 0 Å². The predicted octanol–water partition coefficient (Wildman–Crippen LogP) is 13.7. The van der Waals surface area contributed by atoms with Crippen LogP contribution in [-0.2, 0) is 9.57 Å². The number of hydrogen-bond acceptors (Lipinski definition) is 9. The second-order valence-electron chi connectivity index (χ2n) is 17.6. The van der Waals surface area contributed by atoms with Crippen molar-refractivity contribution in [3.8, 4) is 11.5 Å². The Kier molecular flexibility index (Phi) is 23.8. The zero-order valence-corrected chi connectivity index (χ0v) is 40.1. The minimum absolute atomic E-state index is 0.00334. The third-order valence-electron chi connectivity index (χ3n) is 13.1. The van der Waals surface area contributed by atoms with Crippen LogP contribution in [0.1, 0.15) is 160 Å². The quantitative estimate of drug-likeness (QED) is 0.0311. The monoisotopic (exact) mass is 892 g/mol. The van der Waals surface area contributed by atoms with Crippen LogP contribution in [0.3, 0.4) is 0 Å². The van der Waals surface area contributed by atoms with Gasteiger partial charge in [-0.15, -0.1) is 18.3 Å². The average Bonchev–Trinajstić information content (AvgIpc) is 3.29. The molecule has 6 atom stereocenters. The molecule has 0 bridgehead atoms. The zero-order chi connectivity index (χ0) is 43.7. The van der Waals surface area contributed by atoms with Gasteiger partial charge in [-0.05, 0) is 92.5 Å². The van der Waals surface area contributed by atoms with Crippen molar-refractivity contribution in [3.63, 3.8) is 0 Å². The van der Waals surface area contributed by atoms with Crippen LogP contribution in [0.4, 0.5) is 0 Å². The minimum atomic E-state index is -0.927. The van der Waals surface area contributed by atoms with E-state index in [0.29, 0.717) is 26.2 Å². The summed E-state index contributed by atoms with van der Waals surface area (Å²) in [6.45, 7) is 10.3. The van der Waals surface area contributed by atoms with Gasteiger partial charge in [0.05, 0.1) is 30.1 Å². The van der Waals surface area contributed by atoms with Gasteiger partial charge in [-0.25, -0.2) is 0 Å². The molecule has 1 fully saturated rings. The van der Waals surface area contributed by atoms with Gasteiger partial charge in [0.1, 0.15) is 18.1 Å². The first-order valence-corrected chi connectivity index (χ1v) is 26.8. The summed E-state index contributed by atoms with van der Waals surface area (Å²) in [5.41, 5.74) is 3.36. The molecule has 0 aromatic heterocycles. The number of thioether (sulfide) groups is 2. The molecule has 2 aromatic carbocycles. The van der Waals surface area contributed by atoms with E-state index in [0.717, 1.165) is 67.2 Å². The maximum absolute atomic E-state index is 9.95. The van der Waals surface area contributed by atoms with E-state index < -0.39 is 5.79 Å². The first kappa shape index (κ1) is 50.6. The number of nitrogens with zero attached hydrogens (tertiary/aromatic N) is 1. The fraction of sp³-hybridized carbons (Fsp3) is 0.679. The summed E-state index contributed by atoms with van der Waals surface area (Å²) in [6.07, 6.45) is 29.3. The van der Waals surface area contributed by atoms with Crippen LogP contribution in [0.5, 0.6) is 11.5 Å². The molecule has 1 heterocycles. The molecule has 2 aromatic rings. The predicted molar refractivity (Wildman–Crippen MR) is 262 cm³/mol. The number of unbranched alkanes of at least 4 members (excludes halogenated alkanes) is 15. The first-order chi connectivity index (χ1) is 30.6. The van der Waals surface area contributed by atoms with E-state index in [1.54, 1.807) is 11.8 Å². The Balaban J connectivity index is 1.37. The molecule has 2 N–H and O–H groups in total. The van der Waals surface area contributed by atoms with Crippen molar-refractivity contribution in [1.29, 1.82) is 0 Å². The van der Waals surface area contributed by atoms with Gasteiger partial charge in [0, 0.05) is 41.8 Å². The fourth-order valence-electron chi connectivity index (χ4n) is 10.1. The molecule has 0 spiro atoms. The van der Waals surface area contributed by atoms with E-state index in [9.17, 15) is 10.2 Å². The van der Waals surface area contributed by atoms with Crippen molar-refractivity contribution in [1.82, 2.24) is 0 Å². The van der Waals surface area contributed by atoms with E-state index in [1.807, 2.05) is 30.8 Å². The van der Waals surface area contributed by atoms with Gasteiger partial charge < -0.3 is 29.3 Å². The van der Waals surface area contributed by atoms with Crippen LogP contribution in [0.15, 0.2) is 82.9 Å². The van der Waals surface area contributed by atoms with Crippen LogP contribution >= 0.6 is 23.5 Å². The summed E-state index contributed by atoms with van der Waals surface area (Å²) in [5, 5.41) is 24.7. The molecule has 2 aliphatic carbocycles. The van der Waals surface area contributed by atoms with Gasteiger partial charge in [0.15, 0.2) is 0 Å². The lowest BCUT2D eigenvalue weighted by atomic mass is 9.56. The summed E-state index contributed by atoms with van der Waals surface area (Å²) in [5.74, 6) is 3.17. The smallest absolute Gasteiger partial charge is 0.230 e. The molecule has 0 saturated heterocycles. The molecule has 3 aliphatic rings. The Bertz CT molecular complexity index is 1600. The number of oxime groups is 1. The SMILES string of the molecule is C=CCO[C@@]12Oc3ccc(OCCSc4ccccc4)cc3[C@H]3[C@H](CCCCO)[C@@H](CCCCO)C=C(C(=NOCC)C[C@@H]1SCCCCCCCCCCCCCCCC)[C@H]32. The topological polar surface area (TPSA) is 89.7 Å². The van der Waals surface area contributed by atoms with E-state index in [1.165, 1.54) is 106 Å². The molecule has 346 valence electrons. The number of aliphatic hydroxyl groups is 2. The van der Waals surface area contributed by atoms with Crippen LogP contribution < -0.4 is 9.47 Å². The molecule has 9 heteroatoms. The molecule has 1 aliphatic heterocycles. The number of rotatable bonds is 34. The van der Waals surface area contributed by atoms with Crippen molar-refractivity contribution < 1.29 is 29.3 Å². The Morgan fingerprint density at radius 3 is 2.15 bits per heavy atom. The number of benzene rings is 2. The molecular formula is C53H81NO6S2. The van der Waals surface area contributed by atoms with Crippen molar-refractivity contribution in [3.05, 3.63) is 78.4 Å². The van der Waals surface area contributed by atoms with E-state index in [-0.39, 0.29) is 42.1 Å². The van der Waals surface area contributed by atoms with Crippen molar-refractivity contribution in [2.75, 3.05) is 44.5 Å². The second-order valence-corrected chi connectivity index (χ2v) is 20.1. The van der Waals surface area contributed by atoms with Crippen LogP contribution in [0, 0.1) is 17.8 Å². The Morgan fingerprint density at radius 1 is 0.806 bits per heavy atom. The minimum Gasteiger partial charge on any atom is -0.493 e. The maximum atomic E-state index is 9.95. The summed E-state index contributed by atoms with van der Waals surface area (Å²) in [4.78, 5) is 7.15. The summed E-state index contributed by atoms with van der Waals surface area (Å²) in [6, 6.07) is 16.9.